The number of ether oxygens (including phenoxy) is 2. The Morgan fingerprint density at radius 1 is 1.19 bits per heavy atom. The highest BCUT2D eigenvalue weighted by Gasteiger charge is 2.31. The minimum absolute atomic E-state index is 0.0353. The molecule has 8 nitrogen and oxygen atoms in total. The van der Waals surface area contributed by atoms with Gasteiger partial charge in [-0.3, -0.25) is 4.79 Å². The van der Waals surface area contributed by atoms with Crippen LogP contribution in [0.4, 0.5) is 5.69 Å². The number of aromatic nitrogens is 1. The van der Waals surface area contributed by atoms with Crippen LogP contribution in [0.15, 0.2) is 30.0 Å². The van der Waals surface area contributed by atoms with Crippen molar-refractivity contribution in [3.8, 4) is 29.9 Å². The van der Waals surface area contributed by atoms with E-state index in [0.717, 1.165) is 63.2 Å². The maximum absolute atomic E-state index is 12.1. The molecule has 2 aliphatic heterocycles. The fraction of sp³-hybridized carbons (Fsp3) is 0.471. The first-order chi connectivity index (χ1) is 20.4. The molecular formula is C34H47N3O5S. The van der Waals surface area contributed by atoms with Gasteiger partial charge in [0.15, 0.2) is 0 Å². The molecule has 0 saturated carbocycles. The van der Waals surface area contributed by atoms with Crippen LogP contribution in [0.3, 0.4) is 0 Å². The normalized spacial score (nSPS) is 17.5. The zero-order chi connectivity index (χ0) is 32.3. The Bertz CT molecular complexity index is 1350. The van der Waals surface area contributed by atoms with Crippen LogP contribution in [0.1, 0.15) is 61.9 Å². The van der Waals surface area contributed by atoms with E-state index in [1.165, 1.54) is 5.57 Å². The van der Waals surface area contributed by atoms with Crippen molar-refractivity contribution in [2.75, 3.05) is 44.0 Å². The number of hydrogen-bond acceptors (Lipinski definition) is 8. The number of pyridine rings is 1. The van der Waals surface area contributed by atoms with E-state index in [-0.39, 0.29) is 6.42 Å². The molecule has 2 aromatic rings. The van der Waals surface area contributed by atoms with E-state index in [1.54, 1.807) is 39.8 Å². The fourth-order valence-corrected chi connectivity index (χ4v) is 5.85. The molecule has 43 heavy (non-hydrogen) atoms. The van der Waals surface area contributed by atoms with Crippen molar-refractivity contribution >= 4 is 29.2 Å². The summed E-state index contributed by atoms with van der Waals surface area (Å²) in [6.45, 7) is 15.0. The Kier molecular flexibility index (Phi) is 13.8. The van der Waals surface area contributed by atoms with Gasteiger partial charge in [-0.25, -0.2) is 4.98 Å². The van der Waals surface area contributed by atoms with Crippen molar-refractivity contribution in [2.24, 2.45) is 0 Å². The molecule has 3 N–H and O–H groups in total. The van der Waals surface area contributed by atoms with Crippen LogP contribution in [-0.2, 0) is 22.5 Å². The largest absolute Gasteiger partial charge is 0.481 e. The lowest BCUT2D eigenvalue weighted by Gasteiger charge is -2.36. The van der Waals surface area contributed by atoms with Crippen LogP contribution >= 0.6 is 11.9 Å². The quantitative estimate of drug-likeness (QED) is 0.280. The van der Waals surface area contributed by atoms with Crippen molar-refractivity contribution < 1.29 is 24.5 Å². The van der Waals surface area contributed by atoms with E-state index < -0.39 is 11.6 Å². The van der Waals surface area contributed by atoms with Crippen molar-refractivity contribution in [1.82, 2.24) is 10.3 Å². The van der Waals surface area contributed by atoms with Gasteiger partial charge >= 0.3 is 5.97 Å². The Labute approximate surface area is 261 Å². The standard InChI is InChI=1S/C28H35N3O4S.C4H10O.C2H2/c1-17-14-29-9-11-35-10-7-6-8-21(17)26-19(3)27-23-15-30-24(34-4)12-20(23)16-31(36-5)28(27)18(2)22(26)13-25(32)33;1-4(2,3)5;1-2/h6,8,12,15,29H,7,9-11,13-14,16H2,1-5H3,(H,32,33);5H,1-3H3;1-2H/b8-6-,21-17+;;. The second kappa shape index (κ2) is 16.5. The monoisotopic (exact) mass is 609 g/mol. The second-order valence-corrected chi connectivity index (χ2v) is 12.2. The van der Waals surface area contributed by atoms with E-state index in [1.807, 2.05) is 12.3 Å². The molecule has 3 heterocycles. The van der Waals surface area contributed by atoms with Crippen LogP contribution in [0.2, 0.25) is 0 Å². The lowest BCUT2D eigenvalue weighted by Crippen LogP contribution is -2.24. The smallest absolute Gasteiger partial charge is 0.307 e. The molecule has 0 aliphatic carbocycles. The molecule has 0 bridgehead atoms. The Hall–Kier alpha value is -3.29. The average Bonchev–Trinajstić information content (AvgIpc) is 3.00. The summed E-state index contributed by atoms with van der Waals surface area (Å²) in [6.07, 6.45) is 17.0. The number of rotatable bonds is 5. The van der Waals surface area contributed by atoms with Crippen molar-refractivity contribution in [2.45, 2.75) is 66.5 Å². The molecule has 0 spiro atoms. The number of fused-ring (bicyclic) bond motifs is 3. The first kappa shape index (κ1) is 35.9. The number of benzene rings is 1. The molecule has 9 heteroatoms. The van der Waals surface area contributed by atoms with Crippen molar-refractivity contribution in [3.05, 3.63) is 57.8 Å². The van der Waals surface area contributed by atoms with Gasteiger partial charge in [0.2, 0.25) is 5.88 Å². The van der Waals surface area contributed by atoms with E-state index in [9.17, 15) is 9.90 Å². The van der Waals surface area contributed by atoms with Gasteiger partial charge < -0.3 is 29.3 Å². The lowest BCUT2D eigenvalue weighted by atomic mass is 9.80. The number of allylic oxidation sites excluding steroid dienone is 2. The van der Waals surface area contributed by atoms with Gasteiger partial charge in [-0.15, -0.1) is 12.8 Å². The Morgan fingerprint density at radius 3 is 2.47 bits per heavy atom. The van der Waals surface area contributed by atoms with Crippen molar-refractivity contribution in [1.29, 1.82) is 0 Å². The number of aliphatic carboxylic acids is 1. The zero-order valence-corrected chi connectivity index (χ0v) is 27.7. The predicted molar refractivity (Wildman–Crippen MR) is 179 cm³/mol. The third kappa shape index (κ3) is 9.60. The molecule has 0 radical (unpaired) electrons. The van der Waals surface area contributed by atoms with E-state index >= 15 is 0 Å². The van der Waals surface area contributed by atoms with Gasteiger partial charge in [0, 0.05) is 42.7 Å². The number of carboxylic acids is 1. The molecule has 0 unspecified atom stereocenters. The fourth-order valence-electron chi connectivity index (χ4n) is 5.17. The van der Waals surface area contributed by atoms with Gasteiger partial charge in [0.05, 0.1) is 44.6 Å². The highest BCUT2D eigenvalue weighted by Crippen LogP contribution is 2.49. The molecule has 0 saturated heterocycles. The summed E-state index contributed by atoms with van der Waals surface area (Å²) in [5.74, 6) is -0.240. The summed E-state index contributed by atoms with van der Waals surface area (Å²) in [6, 6.07) is 2.00. The van der Waals surface area contributed by atoms with Gasteiger partial charge in [-0.1, -0.05) is 29.7 Å². The number of anilines is 1. The van der Waals surface area contributed by atoms with Gasteiger partial charge in [0.25, 0.3) is 0 Å². The first-order valence-corrected chi connectivity index (χ1v) is 15.5. The highest BCUT2D eigenvalue weighted by atomic mass is 32.2. The van der Waals surface area contributed by atoms with Crippen molar-refractivity contribution in [3.63, 3.8) is 0 Å². The van der Waals surface area contributed by atoms with E-state index in [2.05, 4.69) is 66.6 Å². The number of nitrogens with one attached hydrogen (secondary N) is 1. The van der Waals surface area contributed by atoms with E-state index in [4.69, 9.17) is 14.6 Å². The van der Waals surface area contributed by atoms with Gasteiger partial charge in [-0.05, 0) is 81.4 Å². The van der Waals surface area contributed by atoms with Crippen LogP contribution in [0, 0.1) is 26.7 Å². The van der Waals surface area contributed by atoms with Crippen LogP contribution in [0.25, 0.3) is 16.7 Å². The molecule has 1 aromatic carbocycles. The maximum Gasteiger partial charge on any atom is 0.307 e. The molecule has 1 aromatic heterocycles. The third-order valence-corrected chi connectivity index (χ3v) is 7.66. The second-order valence-electron chi connectivity index (χ2n) is 11.3. The number of hydrogen-bond donors (Lipinski definition) is 3. The number of nitrogens with zero attached hydrogens (tertiary/aromatic N) is 2. The average molecular weight is 610 g/mol. The summed E-state index contributed by atoms with van der Waals surface area (Å²) in [7, 11) is 1.63. The number of carboxylic acid groups (broad SMARTS) is 1. The summed E-state index contributed by atoms with van der Waals surface area (Å²) in [5, 5.41) is 21.9. The van der Waals surface area contributed by atoms with Gasteiger partial charge in [0.1, 0.15) is 0 Å². The molecule has 0 amide bonds. The third-order valence-electron chi connectivity index (χ3n) is 6.91. The van der Waals surface area contributed by atoms with Crippen LogP contribution in [-0.4, -0.2) is 66.4 Å². The Morgan fingerprint density at radius 2 is 1.86 bits per heavy atom. The SMILES string of the molecule is C#C.CC(C)(C)O.COc1cc2c(cn1)-c1c(C)c(C3=C(\C)CNCCOCC/C=C\3)c(CC(=O)O)c(C)c1N(SC)C2. The molecule has 4 rings (SSSR count). The molecule has 0 fully saturated rings. The van der Waals surface area contributed by atoms with Crippen LogP contribution < -0.4 is 14.4 Å². The number of terminal acetylenes is 1. The summed E-state index contributed by atoms with van der Waals surface area (Å²) >= 11 is 1.65. The molecule has 2 aliphatic rings. The Balaban J connectivity index is 0.000000836. The van der Waals surface area contributed by atoms with Crippen LogP contribution in [0.5, 0.6) is 5.88 Å². The maximum atomic E-state index is 12.1. The summed E-state index contributed by atoms with van der Waals surface area (Å²) in [4.78, 5) is 16.6. The molecule has 0 atom stereocenters. The zero-order valence-electron chi connectivity index (χ0n) is 26.8. The topological polar surface area (TPSA) is 104 Å². The molecule has 234 valence electrons. The lowest BCUT2D eigenvalue weighted by molar-refractivity contribution is -0.136. The minimum Gasteiger partial charge on any atom is -0.481 e. The number of methoxy groups -OCH3 is 1. The summed E-state index contributed by atoms with van der Waals surface area (Å²) < 4.78 is 13.3. The number of aliphatic hydroxyl groups is 1. The first-order valence-electron chi connectivity index (χ1n) is 14.3. The number of carbonyl (C=O) groups is 1. The highest BCUT2D eigenvalue weighted by molar-refractivity contribution is 7.99. The summed E-state index contributed by atoms with van der Waals surface area (Å²) in [5.41, 5.74) is 10.1. The van der Waals surface area contributed by atoms with E-state index in [0.29, 0.717) is 32.2 Å². The van der Waals surface area contributed by atoms with Gasteiger partial charge in [-0.2, -0.15) is 0 Å². The predicted octanol–water partition coefficient (Wildman–Crippen LogP) is 5.97. The minimum atomic E-state index is -0.831. The molecular weight excluding hydrogens is 562 g/mol.